The van der Waals surface area contributed by atoms with E-state index in [2.05, 4.69) is 43.2 Å². The molecule has 76 valence electrons. The van der Waals surface area contributed by atoms with Crippen LogP contribution in [0.3, 0.4) is 0 Å². The van der Waals surface area contributed by atoms with Crippen LogP contribution in [0.15, 0.2) is 45.8 Å². The molecular formula is C12H18N2. The molecule has 0 fully saturated rings. The summed E-state index contributed by atoms with van der Waals surface area (Å²) in [6.45, 7) is 6.55. The fourth-order valence-corrected chi connectivity index (χ4v) is 1.63. The second-order valence-electron chi connectivity index (χ2n) is 3.77. The SMILES string of the molecule is CCC1(C)C(C)=CC=CC=C1N=NC. The van der Waals surface area contributed by atoms with E-state index in [1.165, 1.54) is 5.57 Å². The van der Waals surface area contributed by atoms with E-state index in [4.69, 9.17) is 0 Å². The van der Waals surface area contributed by atoms with E-state index in [-0.39, 0.29) is 5.41 Å². The minimum absolute atomic E-state index is 0.0308. The lowest BCUT2D eigenvalue weighted by Crippen LogP contribution is -2.18. The van der Waals surface area contributed by atoms with Crippen LogP contribution in [0.25, 0.3) is 0 Å². The molecule has 0 N–H and O–H groups in total. The second kappa shape index (κ2) is 4.36. The van der Waals surface area contributed by atoms with Gasteiger partial charge in [0.15, 0.2) is 0 Å². The van der Waals surface area contributed by atoms with Gasteiger partial charge in [-0.3, -0.25) is 0 Å². The molecule has 1 aliphatic carbocycles. The summed E-state index contributed by atoms with van der Waals surface area (Å²) in [5.74, 6) is 0. The first-order chi connectivity index (χ1) is 6.65. The summed E-state index contributed by atoms with van der Waals surface area (Å²) in [6, 6.07) is 0. The summed E-state index contributed by atoms with van der Waals surface area (Å²) in [4.78, 5) is 0. The molecule has 0 amide bonds. The van der Waals surface area contributed by atoms with Gasteiger partial charge < -0.3 is 0 Å². The average molecular weight is 190 g/mol. The lowest BCUT2D eigenvalue weighted by atomic mass is 9.77. The number of rotatable bonds is 2. The number of azo groups is 1. The number of nitrogens with zero attached hydrogens (tertiary/aromatic N) is 2. The molecule has 0 aliphatic heterocycles. The highest BCUT2D eigenvalue weighted by Crippen LogP contribution is 2.40. The maximum absolute atomic E-state index is 4.21. The Morgan fingerprint density at radius 2 is 1.93 bits per heavy atom. The van der Waals surface area contributed by atoms with Gasteiger partial charge >= 0.3 is 0 Å². The molecule has 14 heavy (non-hydrogen) atoms. The van der Waals surface area contributed by atoms with Crippen LogP contribution in [0.4, 0.5) is 0 Å². The van der Waals surface area contributed by atoms with E-state index < -0.39 is 0 Å². The van der Waals surface area contributed by atoms with Crippen molar-refractivity contribution in [1.82, 2.24) is 0 Å². The van der Waals surface area contributed by atoms with Gasteiger partial charge in [0, 0.05) is 12.5 Å². The second-order valence-corrected chi connectivity index (χ2v) is 3.77. The number of hydrogen-bond donors (Lipinski definition) is 0. The maximum atomic E-state index is 4.21. The van der Waals surface area contributed by atoms with Crippen LogP contribution in [0.2, 0.25) is 0 Å². The van der Waals surface area contributed by atoms with Crippen molar-refractivity contribution in [2.24, 2.45) is 15.6 Å². The largest absolute Gasteiger partial charge is 0.192 e. The zero-order valence-electron chi connectivity index (χ0n) is 9.41. The maximum Gasteiger partial charge on any atom is 0.0725 e. The van der Waals surface area contributed by atoms with Crippen molar-refractivity contribution in [2.75, 3.05) is 7.05 Å². The molecule has 1 aliphatic rings. The van der Waals surface area contributed by atoms with Crippen LogP contribution in [0, 0.1) is 5.41 Å². The number of hydrogen-bond acceptors (Lipinski definition) is 2. The Hall–Kier alpha value is -1.18. The van der Waals surface area contributed by atoms with Gasteiger partial charge in [-0.05, 0) is 19.4 Å². The van der Waals surface area contributed by atoms with Crippen LogP contribution >= 0.6 is 0 Å². The highest BCUT2D eigenvalue weighted by Gasteiger charge is 2.29. The van der Waals surface area contributed by atoms with Crippen molar-refractivity contribution >= 4 is 0 Å². The zero-order chi connectivity index (χ0) is 10.6. The molecule has 0 aromatic carbocycles. The minimum Gasteiger partial charge on any atom is -0.192 e. The quantitative estimate of drug-likeness (QED) is 0.590. The lowest BCUT2D eigenvalue weighted by molar-refractivity contribution is 0.452. The standard InChI is InChI=1S/C12H18N2/c1-5-12(3)10(2)8-6-7-9-11(12)14-13-4/h6-9H,5H2,1-4H3. The Morgan fingerprint density at radius 3 is 2.50 bits per heavy atom. The predicted octanol–water partition coefficient (Wildman–Crippen LogP) is 3.88. The van der Waals surface area contributed by atoms with Gasteiger partial charge in [-0.15, -0.1) is 0 Å². The molecule has 0 saturated carbocycles. The molecule has 2 nitrogen and oxygen atoms in total. The van der Waals surface area contributed by atoms with Crippen molar-refractivity contribution in [1.29, 1.82) is 0 Å². The Kier molecular flexibility index (Phi) is 3.39. The van der Waals surface area contributed by atoms with Gasteiger partial charge in [0.2, 0.25) is 0 Å². The summed E-state index contributed by atoms with van der Waals surface area (Å²) in [5, 5.41) is 8.09. The smallest absolute Gasteiger partial charge is 0.0725 e. The fourth-order valence-electron chi connectivity index (χ4n) is 1.63. The summed E-state index contributed by atoms with van der Waals surface area (Å²) in [6.07, 6.45) is 9.32. The van der Waals surface area contributed by atoms with Crippen molar-refractivity contribution in [3.63, 3.8) is 0 Å². The van der Waals surface area contributed by atoms with E-state index in [9.17, 15) is 0 Å². The lowest BCUT2D eigenvalue weighted by Gasteiger charge is -2.28. The molecule has 2 heteroatoms. The van der Waals surface area contributed by atoms with Gasteiger partial charge in [-0.1, -0.05) is 37.6 Å². The Labute approximate surface area is 86.1 Å². The van der Waals surface area contributed by atoms with Crippen molar-refractivity contribution in [3.05, 3.63) is 35.6 Å². The molecule has 0 spiro atoms. The van der Waals surface area contributed by atoms with Crippen LogP contribution in [-0.4, -0.2) is 7.05 Å². The third-order valence-corrected chi connectivity index (χ3v) is 3.06. The molecular weight excluding hydrogens is 172 g/mol. The molecule has 0 radical (unpaired) electrons. The Balaban J connectivity index is 3.18. The summed E-state index contributed by atoms with van der Waals surface area (Å²) < 4.78 is 0. The molecule has 1 rings (SSSR count). The topological polar surface area (TPSA) is 24.7 Å². The molecule has 0 aromatic rings. The third kappa shape index (κ3) is 1.84. The molecule has 0 bridgehead atoms. The summed E-state index contributed by atoms with van der Waals surface area (Å²) >= 11 is 0. The van der Waals surface area contributed by atoms with Crippen LogP contribution in [-0.2, 0) is 0 Å². The van der Waals surface area contributed by atoms with Crippen LogP contribution in [0.1, 0.15) is 27.2 Å². The Bertz CT molecular complexity index is 321. The van der Waals surface area contributed by atoms with Gasteiger partial charge in [0.05, 0.1) is 5.70 Å². The molecule has 0 aromatic heterocycles. The average Bonchev–Trinajstić information content (AvgIpc) is 2.32. The first kappa shape index (κ1) is 10.9. The first-order valence-electron chi connectivity index (χ1n) is 5.01. The zero-order valence-corrected chi connectivity index (χ0v) is 9.41. The van der Waals surface area contributed by atoms with Crippen molar-refractivity contribution < 1.29 is 0 Å². The van der Waals surface area contributed by atoms with E-state index in [1.807, 2.05) is 12.2 Å². The molecule has 1 unspecified atom stereocenters. The van der Waals surface area contributed by atoms with E-state index in [0.717, 1.165) is 12.1 Å². The Morgan fingerprint density at radius 1 is 1.29 bits per heavy atom. The monoisotopic (exact) mass is 190 g/mol. The van der Waals surface area contributed by atoms with Crippen LogP contribution < -0.4 is 0 Å². The van der Waals surface area contributed by atoms with Gasteiger partial charge in [-0.25, -0.2) is 0 Å². The normalized spacial score (nSPS) is 27.4. The van der Waals surface area contributed by atoms with Crippen molar-refractivity contribution in [2.45, 2.75) is 27.2 Å². The number of allylic oxidation sites excluding steroid dienone is 5. The highest BCUT2D eigenvalue weighted by atomic mass is 15.1. The predicted molar refractivity (Wildman–Crippen MR) is 60.2 cm³/mol. The van der Waals surface area contributed by atoms with Gasteiger partial charge in [0.25, 0.3) is 0 Å². The summed E-state index contributed by atoms with van der Waals surface area (Å²) in [5.41, 5.74) is 2.42. The minimum atomic E-state index is 0.0308. The van der Waals surface area contributed by atoms with Crippen LogP contribution in [0.5, 0.6) is 0 Å². The van der Waals surface area contributed by atoms with Gasteiger partial charge in [0.1, 0.15) is 0 Å². The highest BCUT2D eigenvalue weighted by molar-refractivity contribution is 5.35. The third-order valence-electron chi connectivity index (χ3n) is 3.06. The van der Waals surface area contributed by atoms with E-state index >= 15 is 0 Å². The van der Waals surface area contributed by atoms with E-state index in [1.54, 1.807) is 7.05 Å². The van der Waals surface area contributed by atoms with E-state index in [0.29, 0.717) is 0 Å². The molecule has 0 saturated heterocycles. The van der Waals surface area contributed by atoms with Gasteiger partial charge in [-0.2, -0.15) is 10.2 Å². The fraction of sp³-hybridized carbons (Fsp3) is 0.500. The molecule has 1 atom stereocenters. The summed E-state index contributed by atoms with van der Waals surface area (Å²) in [7, 11) is 1.71. The van der Waals surface area contributed by atoms with Crippen molar-refractivity contribution in [3.8, 4) is 0 Å². The molecule has 0 heterocycles. The first-order valence-corrected chi connectivity index (χ1v) is 5.01.